The lowest BCUT2D eigenvalue weighted by Gasteiger charge is -1.99. The second-order valence-corrected chi connectivity index (χ2v) is 7.07. The van der Waals surface area contributed by atoms with Crippen LogP contribution in [0.25, 0.3) is 0 Å². The Morgan fingerprint density at radius 1 is 1.13 bits per heavy atom. The monoisotopic (exact) mass is 348 g/mol. The third kappa shape index (κ3) is 4.56. The van der Waals surface area contributed by atoms with E-state index in [0.29, 0.717) is 6.42 Å². The Balaban J connectivity index is 1.49. The normalized spacial score (nSPS) is 10.9. The lowest BCUT2D eigenvalue weighted by atomic mass is 10.2. The average molecular weight is 348 g/mol. The van der Waals surface area contributed by atoms with Crippen LogP contribution in [0.3, 0.4) is 0 Å². The van der Waals surface area contributed by atoms with Crippen molar-refractivity contribution in [1.29, 1.82) is 0 Å². The Bertz CT molecular complexity index is 752. The molecule has 120 valence electrons. The molecular formula is C16H17FN4S2. The van der Waals surface area contributed by atoms with E-state index in [0.717, 1.165) is 40.8 Å². The number of aryl methyl sites for hydroxylation is 1. The second kappa shape index (κ2) is 7.61. The molecular weight excluding hydrogens is 331 g/mol. The van der Waals surface area contributed by atoms with Crippen molar-refractivity contribution in [2.75, 3.05) is 11.9 Å². The summed E-state index contributed by atoms with van der Waals surface area (Å²) < 4.78 is 12.9. The summed E-state index contributed by atoms with van der Waals surface area (Å²) in [5.74, 6) is -0.221. The summed E-state index contributed by atoms with van der Waals surface area (Å²) in [7, 11) is 0. The van der Waals surface area contributed by atoms with Crippen LogP contribution in [0.1, 0.15) is 28.2 Å². The predicted octanol–water partition coefficient (Wildman–Crippen LogP) is 3.94. The number of rotatable bonds is 7. The van der Waals surface area contributed by atoms with Gasteiger partial charge < -0.3 is 5.32 Å². The standard InChI is InChI=1S/C16H17FN4S2/c1-2-14-19-13(10-22-14)7-8-18-16-21-20-15(23-16)9-11-3-5-12(17)6-4-11/h3-6,10H,2,7-9H2,1H3,(H,18,21). The van der Waals surface area contributed by atoms with E-state index in [1.54, 1.807) is 23.5 Å². The van der Waals surface area contributed by atoms with Gasteiger partial charge in [0.15, 0.2) is 0 Å². The Hall–Kier alpha value is -1.86. The molecule has 0 amide bonds. The van der Waals surface area contributed by atoms with Crippen molar-refractivity contribution in [2.24, 2.45) is 0 Å². The van der Waals surface area contributed by atoms with Crippen molar-refractivity contribution in [3.05, 3.63) is 56.7 Å². The Morgan fingerprint density at radius 3 is 2.70 bits per heavy atom. The van der Waals surface area contributed by atoms with Crippen molar-refractivity contribution >= 4 is 27.8 Å². The third-order valence-corrected chi connectivity index (χ3v) is 5.22. The van der Waals surface area contributed by atoms with Crippen LogP contribution in [-0.4, -0.2) is 21.7 Å². The summed E-state index contributed by atoms with van der Waals surface area (Å²) >= 11 is 3.24. The summed E-state index contributed by atoms with van der Waals surface area (Å²) in [5, 5.41) is 16.6. The zero-order valence-electron chi connectivity index (χ0n) is 12.8. The largest absolute Gasteiger partial charge is 0.360 e. The van der Waals surface area contributed by atoms with Gasteiger partial charge in [-0.2, -0.15) is 0 Å². The minimum Gasteiger partial charge on any atom is -0.360 e. The van der Waals surface area contributed by atoms with Crippen molar-refractivity contribution < 1.29 is 4.39 Å². The van der Waals surface area contributed by atoms with Crippen molar-refractivity contribution in [1.82, 2.24) is 15.2 Å². The van der Waals surface area contributed by atoms with Gasteiger partial charge in [0.25, 0.3) is 0 Å². The fourth-order valence-electron chi connectivity index (χ4n) is 2.10. The number of thiazole rings is 1. The molecule has 0 aliphatic rings. The van der Waals surface area contributed by atoms with Gasteiger partial charge in [0, 0.05) is 24.8 Å². The molecule has 3 rings (SSSR count). The summed E-state index contributed by atoms with van der Waals surface area (Å²) in [6, 6.07) is 6.48. The van der Waals surface area contributed by atoms with Crippen molar-refractivity contribution in [3.63, 3.8) is 0 Å². The zero-order chi connectivity index (χ0) is 16.1. The van der Waals surface area contributed by atoms with Gasteiger partial charge in [-0.3, -0.25) is 0 Å². The fourth-order valence-corrected chi connectivity index (χ4v) is 3.68. The van der Waals surface area contributed by atoms with Crippen LogP contribution in [0.4, 0.5) is 9.52 Å². The Kier molecular flexibility index (Phi) is 5.30. The summed E-state index contributed by atoms with van der Waals surface area (Å²) in [6.45, 7) is 2.91. The van der Waals surface area contributed by atoms with Crippen molar-refractivity contribution in [2.45, 2.75) is 26.2 Å². The first-order valence-corrected chi connectivity index (χ1v) is 9.16. The SMILES string of the molecule is CCc1nc(CCNc2nnc(Cc3ccc(F)cc3)s2)cs1. The minimum atomic E-state index is -0.221. The van der Waals surface area contributed by atoms with E-state index in [2.05, 4.69) is 32.8 Å². The Morgan fingerprint density at radius 2 is 1.96 bits per heavy atom. The number of nitrogens with one attached hydrogen (secondary N) is 1. The van der Waals surface area contributed by atoms with Crippen LogP contribution < -0.4 is 5.32 Å². The smallest absolute Gasteiger partial charge is 0.205 e. The highest BCUT2D eigenvalue weighted by Gasteiger charge is 2.06. The highest BCUT2D eigenvalue weighted by Crippen LogP contribution is 2.19. The molecule has 0 bridgehead atoms. The zero-order valence-corrected chi connectivity index (χ0v) is 14.4. The number of nitrogens with zero attached hydrogens (tertiary/aromatic N) is 3. The van der Waals surface area contributed by atoms with E-state index in [-0.39, 0.29) is 5.82 Å². The second-order valence-electron chi connectivity index (χ2n) is 5.07. The number of halogens is 1. The number of benzene rings is 1. The molecule has 7 heteroatoms. The van der Waals surface area contributed by atoms with E-state index in [1.165, 1.54) is 28.5 Å². The summed E-state index contributed by atoms with van der Waals surface area (Å²) in [4.78, 5) is 4.54. The van der Waals surface area contributed by atoms with Crippen molar-refractivity contribution in [3.8, 4) is 0 Å². The first-order chi connectivity index (χ1) is 11.2. The number of aromatic nitrogens is 3. The molecule has 0 aliphatic heterocycles. The molecule has 1 N–H and O–H groups in total. The predicted molar refractivity (Wildman–Crippen MR) is 92.8 cm³/mol. The van der Waals surface area contributed by atoms with Crippen LogP contribution in [0.5, 0.6) is 0 Å². The molecule has 0 fully saturated rings. The number of hydrogen-bond donors (Lipinski definition) is 1. The first-order valence-electron chi connectivity index (χ1n) is 7.47. The number of hydrogen-bond acceptors (Lipinski definition) is 6. The van der Waals surface area contributed by atoms with E-state index >= 15 is 0 Å². The lowest BCUT2D eigenvalue weighted by molar-refractivity contribution is 0.627. The van der Waals surface area contributed by atoms with Gasteiger partial charge in [0.05, 0.1) is 10.7 Å². The van der Waals surface area contributed by atoms with Gasteiger partial charge >= 0.3 is 0 Å². The molecule has 0 aliphatic carbocycles. The maximum atomic E-state index is 12.9. The number of anilines is 1. The average Bonchev–Trinajstić information content (AvgIpc) is 3.19. The van der Waals surface area contributed by atoms with Gasteiger partial charge in [-0.05, 0) is 24.1 Å². The maximum Gasteiger partial charge on any atom is 0.205 e. The fraction of sp³-hybridized carbons (Fsp3) is 0.312. The van der Waals surface area contributed by atoms with E-state index in [1.807, 2.05) is 0 Å². The van der Waals surface area contributed by atoms with E-state index in [9.17, 15) is 4.39 Å². The van der Waals surface area contributed by atoms with Crippen LogP contribution in [0.15, 0.2) is 29.6 Å². The van der Waals surface area contributed by atoms with Crippen LogP contribution in [0.2, 0.25) is 0 Å². The summed E-state index contributed by atoms with van der Waals surface area (Å²) in [5.41, 5.74) is 2.15. The Labute approximate surface area is 142 Å². The molecule has 0 atom stereocenters. The summed E-state index contributed by atoms with van der Waals surface area (Å²) in [6.07, 6.45) is 2.54. The van der Waals surface area contributed by atoms with Gasteiger partial charge in [-0.15, -0.1) is 21.5 Å². The highest BCUT2D eigenvalue weighted by atomic mass is 32.1. The molecule has 0 radical (unpaired) electrons. The highest BCUT2D eigenvalue weighted by molar-refractivity contribution is 7.15. The van der Waals surface area contributed by atoms with E-state index in [4.69, 9.17) is 0 Å². The van der Waals surface area contributed by atoms with Crippen LogP contribution in [0, 0.1) is 5.82 Å². The molecule has 2 aromatic heterocycles. The topological polar surface area (TPSA) is 50.7 Å². The van der Waals surface area contributed by atoms with Crippen LogP contribution >= 0.6 is 22.7 Å². The van der Waals surface area contributed by atoms with Gasteiger partial charge in [-0.1, -0.05) is 30.4 Å². The molecule has 1 aromatic carbocycles. The molecule has 23 heavy (non-hydrogen) atoms. The molecule has 4 nitrogen and oxygen atoms in total. The van der Waals surface area contributed by atoms with Gasteiger partial charge in [-0.25, -0.2) is 9.37 Å². The van der Waals surface area contributed by atoms with Crippen LogP contribution in [-0.2, 0) is 19.3 Å². The molecule has 0 spiro atoms. The van der Waals surface area contributed by atoms with Gasteiger partial charge in [0.2, 0.25) is 5.13 Å². The van der Waals surface area contributed by atoms with E-state index < -0.39 is 0 Å². The molecule has 0 unspecified atom stereocenters. The molecule has 0 saturated heterocycles. The first kappa shape index (κ1) is 16.0. The molecule has 0 saturated carbocycles. The van der Waals surface area contributed by atoms with Gasteiger partial charge in [0.1, 0.15) is 10.8 Å². The minimum absolute atomic E-state index is 0.221. The molecule has 2 heterocycles. The quantitative estimate of drug-likeness (QED) is 0.702. The molecule has 3 aromatic rings. The third-order valence-electron chi connectivity index (χ3n) is 3.29. The lowest BCUT2D eigenvalue weighted by Crippen LogP contribution is -2.04. The maximum absolute atomic E-state index is 12.9.